The molecule has 0 bridgehead atoms. The largest absolute Gasteiger partial charge is 0.462 e. The molecule has 2 aromatic rings. The summed E-state index contributed by atoms with van der Waals surface area (Å²) in [4.78, 5) is 30.5. The van der Waals surface area contributed by atoms with Crippen molar-refractivity contribution in [3.05, 3.63) is 63.5 Å². The van der Waals surface area contributed by atoms with Gasteiger partial charge in [-0.05, 0) is 56.3 Å². The molecule has 0 radical (unpaired) electrons. The Morgan fingerprint density at radius 3 is 2.64 bits per heavy atom. The number of aliphatic hydroxyl groups excluding tert-OH is 1. The average Bonchev–Trinajstić information content (AvgIpc) is 3.04. The summed E-state index contributed by atoms with van der Waals surface area (Å²) >= 11 is 5.52. The Balaban J connectivity index is 1.95. The predicted octanol–water partition coefficient (Wildman–Crippen LogP) is 2.61. The van der Waals surface area contributed by atoms with Crippen molar-refractivity contribution < 1.29 is 37.2 Å². The van der Waals surface area contributed by atoms with Gasteiger partial charge in [-0.2, -0.15) is 13.8 Å². The molecule has 14 nitrogen and oxygen atoms in total. The van der Waals surface area contributed by atoms with E-state index in [9.17, 15) is 14.7 Å². The highest BCUT2D eigenvalue weighted by Crippen LogP contribution is 2.52. The molecule has 0 amide bonds. The second kappa shape index (κ2) is 11.9. The van der Waals surface area contributed by atoms with Crippen LogP contribution in [0, 0.1) is 0 Å². The van der Waals surface area contributed by atoms with Gasteiger partial charge in [0, 0.05) is 11.1 Å². The molecule has 2 heterocycles. The normalized spacial score (nSPS) is 24.4. The number of nitrogens with two attached hydrogens (primary N) is 1. The quantitative estimate of drug-likeness (QED) is 0.115. The third-order valence-electron chi connectivity index (χ3n) is 5.22. The zero-order chi connectivity index (χ0) is 29.0. The summed E-state index contributed by atoms with van der Waals surface area (Å²) in [6, 6.07) is 7.98. The second-order valence-corrected chi connectivity index (χ2v) is 11.8. The molecule has 0 aliphatic carbocycles. The van der Waals surface area contributed by atoms with Crippen LogP contribution >= 0.6 is 6.64 Å². The Hall–Kier alpha value is -3.17. The fourth-order valence-electron chi connectivity index (χ4n) is 3.43. The number of alkyl halides is 2. The number of benzene rings is 1. The van der Waals surface area contributed by atoms with Crippen LogP contribution in [0.1, 0.15) is 27.0 Å². The van der Waals surface area contributed by atoms with Crippen LogP contribution in [0.15, 0.2) is 52.5 Å². The Bertz CT molecular complexity index is 1350. The molecule has 1 fully saturated rings. The maximum absolute atomic E-state index is 15.2. The number of rotatable bonds is 11. The maximum atomic E-state index is 15.2. The summed E-state index contributed by atoms with van der Waals surface area (Å²) in [5, 5.41) is 16.5. The van der Waals surface area contributed by atoms with Gasteiger partial charge in [0.15, 0.2) is 6.10 Å². The van der Waals surface area contributed by atoms with E-state index in [-0.39, 0.29) is 11.6 Å². The lowest BCUT2D eigenvalue weighted by atomic mass is 10.1. The van der Waals surface area contributed by atoms with Crippen molar-refractivity contribution in [1.82, 2.24) is 14.6 Å². The summed E-state index contributed by atoms with van der Waals surface area (Å²) in [5.74, 6) is -4.92. The number of anilines is 1. The van der Waals surface area contributed by atoms with Crippen molar-refractivity contribution in [2.24, 2.45) is 5.11 Å². The SMILES string of the molecule is CC(C)OC(=O)C(C)NP(=S)(OC[C@@]1(N=[N+]=[N-])O[C@@H](n2ccc(N)nc2=O)C(F)(F)[C@@H]1O)Oc1ccccc1. The molecule has 18 heteroatoms. The summed E-state index contributed by atoms with van der Waals surface area (Å²) in [6.07, 6.45) is -4.83. The molecule has 1 aliphatic heterocycles. The number of carbonyl (C=O) groups is 1. The van der Waals surface area contributed by atoms with Crippen LogP contribution in [0.5, 0.6) is 5.75 Å². The van der Waals surface area contributed by atoms with Crippen molar-refractivity contribution >= 4 is 30.2 Å². The third kappa shape index (κ3) is 6.89. The average molecular weight is 590 g/mol. The third-order valence-corrected chi connectivity index (χ3v) is 7.70. The summed E-state index contributed by atoms with van der Waals surface area (Å²) in [7, 11) is 0. The lowest BCUT2D eigenvalue weighted by Crippen LogP contribution is -2.48. The highest BCUT2D eigenvalue weighted by atomic mass is 32.5. The van der Waals surface area contributed by atoms with Crippen LogP contribution in [0.4, 0.5) is 14.6 Å². The molecule has 39 heavy (non-hydrogen) atoms. The number of esters is 1. The van der Waals surface area contributed by atoms with Crippen LogP contribution in [-0.2, 0) is 30.6 Å². The molecule has 1 aliphatic rings. The highest BCUT2D eigenvalue weighted by molar-refractivity contribution is 8.09. The maximum Gasteiger partial charge on any atom is 0.351 e. The van der Waals surface area contributed by atoms with Crippen LogP contribution in [0.2, 0.25) is 0 Å². The molecule has 0 spiro atoms. The van der Waals surface area contributed by atoms with Crippen molar-refractivity contribution in [3.8, 4) is 5.75 Å². The molecular weight excluding hydrogens is 563 g/mol. The lowest BCUT2D eigenvalue weighted by molar-refractivity contribution is -0.149. The molecule has 1 aromatic carbocycles. The molecule has 1 saturated heterocycles. The van der Waals surface area contributed by atoms with Gasteiger partial charge in [-0.1, -0.05) is 23.3 Å². The van der Waals surface area contributed by atoms with Crippen molar-refractivity contribution in [1.29, 1.82) is 0 Å². The molecule has 3 rings (SSSR count). The number of aliphatic hydroxyl groups is 1. The first-order valence-electron chi connectivity index (χ1n) is 11.3. The van der Waals surface area contributed by atoms with Crippen LogP contribution in [-0.4, -0.2) is 57.1 Å². The molecular formula is C21H26F2N7O7PS. The van der Waals surface area contributed by atoms with Crippen molar-refractivity contribution in [2.45, 2.75) is 56.9 Å². The molecule has 2 unspecified atom stereocenters. The van der Waals surface area contributed by atoms with E-state index in [0.717, 1.165) is 12.3 Å². The smallest absolute Gasteiger partial charge is 0.351 e. The number of aromatic nitrogens is 2. The van der Waals surface area contributed by atoms with E-state index in [1.165, 1.54) is 19.1 Å². The monoisotopic (exact) mass is 589 g/mol. The van der Waals surface area contributed by atoms with E-state index in [4.69, 9.17) is 41.6 Å². The molecule has 5 atom stereocenters. The number of azide groups is 1. The second-order valence-electron chi connectivity index (χ2n) is 8.64. The topological polar surface area (TPSA) is 196 Å². The Kier molecular flexibility index (Phi) is 9.28. The van der Waals surface area contributed by atoms with Gasteiger partial charge in [-0.15, -0.1) is 0 Å². The fourth-order valence-corrected chi connectivity index (χ4v) is 5.83. The summed E-state index contributed by atoms with van der Waals surface area (Å²) < 4.78 is 52.8. The Morgan fingerprint density at radius 1 is 1.38 bits per heavy atom. The number of para-hydroxylation sites is 1. The van der Waals surface area contributed by atoms with Gasteiger partial charge in [0.05, 0.1) is 12.7 Å². The van der Waals surface area contributed by atoms with E-state index < -0.39 is 61.0 Å². The predicted molar refractivity (Wildman–Crippen MR) is 137 cm³/mol. The summed E-state index contributed by atoms with van der Waals surface area (Å²) in [5.41, 5.74) is 10.6. The van der Waals surface area contributed by atoms with E-state index in [0.29, 0.717) is 4.57 Å². The van der Waals surface area contributed by atoms with Gasteiger partial charge in [-0.25, -0.2) is 9.88 Å². The van der Waals surface area contributed by atoms with Gasteiger partial charge >= 0.3 is 24.2 Å². The minimum absolute atomic E-state index is 0.200. The van der Waals surface area contributed by atoms with Gasteiger partial charge in [-0.3, -0.25) is 9.36 Å². The van der Waals surface area contributed by atoms with Gasteiger partial charge in [0.2, 0.25) is 12.0 Å². The standard InChI is InChI=1S/C21H26F2N7O7PS/c1-12(2)35-16(31)13(3)27-38(39,37-14-7-5-4-6-8-14)34-11-20(28-29-25)17(32)21(22,23)18(36-20)30-10-9-15(24)26-19(30)33/h4-10,12-13,17-18,32H,11H2,1-3H3,(H,27,39)(H2,24,26,33)/t13?,17-,18-,20-,38?/m1/s1. The zero-order valence-electron chi connectivity index (χ0n) is 20.9. The van der Waals surface area contributed by atoms with E-state index >= 15 is 8.78 Å². The number of hydrogen-bond donors (Lipinski definition) is 3. The van der Waals surface area contributed by atoms with Gasteiger partial charge < -0.3 is 29.4 Å². The minimum atomic E-state index is -4.18. The number of nitrogen functional groups attached to an aromatic ring is 1. The number of hydrogen-bond acceptors (Lipinski definition) is 11. The fraction of sp³-hybridized carbons (Fsp3) is 0.476. The Morgan fingerprint density at radius 2 is 2.05 bits per heavy atom. The van der Waals surface area contributed by atoms with Crippen LogP contribution in [0.3, 0.4) is 0 Å². The van der Waals surface area contributed by atoms with Crippen LogP contribution in [0.25, 0.3) is 10.4 Å². The van der Waals surface area contributed by atoms with Crippen LogP contribution < -0.4 is 21.0 Å². The molecule has 212 valence electrons. The summed E-state index contributed by atoms with van der Waals surface area (Å²) in [6.45, 7) is -0.199. The first-order chi connectivity index (χ1) is 18.2. The number of halogens is 2. The number of nitrogens with zero attached hydrogens (tertiary/aromatic N) is 5. The lowest BCUT2D eigenvalue weighted by Gasteiger charge is -2.31. The van der Waals surface area contributed by atoms with Gasteiger partial charge in [0.1, 0.15) is 17.6 Å². The van der Waals surface area contributed by atoms with E-state index in [2.05, 4.69) is 20.1 Å². The van der Waals surface area contributed by atoms with Gasteiger partial charge in [0.25, 0.3) is 0 Å². The number of carbonyl (C=O) groups excluding carboxylic acids is 1. The molecule has 0 saturated carbocycles. The first kappa shape index (κ1) is 30.4. The zero-order valence-corrected chi connectivity index (χ0v) is 22.6. The van der Waals surface area contributed by atoms with Crippen molar-refractivity contribution in [2.75, 3.05) is 12.3 Å². The van der Waals surface area contributed by atoms with E-state index in [1.54, 1.807) is 32.0 Å². The Labute approximate surface area is 225 Å². The number of ether oxygens (including phenoxy) is 2. The molecule has 4 N–H and O–H groups in total. The minimum Gasteiger partial charge on any atom is -0.462 e. The molecule has 1 aromatic heterocycles. The van der Waals surface area contributed by atoms with E-state index in [1.807, 2.05) is 0 Å². The number of nitrogens with one attached hydrogen (secondary N) is 1. The highest BCUT2D eigenvalue weighted by Gasteiger charge is 2.67. The first-order valence-corrected chi connectivity index (χ1v) is 14.0. The van der Waals surface area contributed by atoms with Crippen molar-refractivity contribution in [3.63, 3.8) is 0 Å².